The average Bonchev–Trinajstić information content (AvgIpc) is 2.07. The summed E-state index contributed by atoms with van der Waals surface area (Å²) in [5, 5.41) is 19.6. The third-order valence-corrected chi connectivity index (χ3v) is 1.50. The first-order chi connectivity index (χ1) is 6.50. The van der Waals surface area contributed by atoms with E-state index in [1.54, 1.807) is 0 Å². The standard InChI is InChI=1S/C6H6N4O4/c1-4-6(8-10(13)14)2-5(3-7-4)9(11)12/h2-3,8H,1H3. The van der Waals surface area contributed by atoms with Gasteiger partial charge in [0, 0.05) is 6.07 Å². The lowest BCUT2D eigenvalue weighted by atomic mass is 10.3. The third-order valence-electron chi connectivity index (χ3n) is 1.50. The third kappa shape index (κ3) is 2.12. The Labute approximate surface area is 77.8 Å². The highest BCUT2D eigenvalue weighted by Crippen LogP contribution is 2.18. The molecule has 1 heterocycles. The van der Waals surface area contributed by atoms with E-state index in [0.29, 0.717) is 5.69 Å². The first-order valence-electron chi connectivity index (χ1n) is 3.53. The lowest BCUT2D eigenvalue weighted by molar-refractivity contribution is -0.445. The van der Waals surface area contributed by atoms with E-state index in [1.165, 1.54) is 6.92 Å². The van der Waals surface area contributed by atoms with Gasteiger partial charge in [0.2, 0.25) is 0 Å². The molecule has 0 amide bonds. The molecule has 0 saturated heterocycles. The summed E-state index contributed by atoms with van der Waals surface area (Å²) in [6.45, 7) is 1.51. The fraction of sp³-hybridized carbons (Fsp3) is 0.167. The van der Waals surface area contributed by atoms with Gasteiger partial charge in [-0.05, 0) is 6.92 Å². The van der Waals surface area contributed by atoms with Gasteiger partial charge in [-0.25, -0.2) is 10.1 Å². The highest BCUT2D eigenvalue weighted by molar-refractivity contribution is 5.51. The minimum Gasteiger partial charge on any atom is -0.258 e. The van der Waals surface area contributed by atoms with Gasteiger partial charge in [-0.1, -0.05) is 0 Å². The van der Waals surface area contributed by atoms with Crippen molar-refractivity contribution in [1.29, 1.82) is 0 Å². The number of nitrogens with zero attached hydrogens (tertiary/aromatic N) is 3. The number of rotatable bonds is 3. The molecule has 0 atom stereocenters. The monoisotopic (exact) mass is 198 g/mol. The van der Waals surface area contributed by atoms with Gasteiger partial charge in [0.1, 0.15) is 11.9 Å². The number of nitrogens with one attached hydrogen (secondary N) is 1. The summed E-state index contributed by atoms with van der Waals surface area (Å²) in [5.74, 6) is 0. The molecule has 0 fully saturated rings. The van der Waals surface area contributed by atoms with E-state index >= 15 is 0 Å². The average molecular weight is 198 g/mol. The molecule has 14 heavy (non-hydrogen) atoms. The molecule has 74 valence electrons. The van der Waals surface area contributed by atoms with Gasteiger partial charge in [-0.3, -0.25) is 15.1 Å². The maximum atomic E-state index is 10.3. The summed E-state index contributed by atoms with van der Waals surface area (Å²) in [5.41, 5.74) is 1.88. The van der Waals surface area contributed by atoms with Crippen LogP contribution < -0.4 is 5.43 Å². The van der Waals surface area contributed by atoms with Crippen LogP contribution in [0.25, 0.3) is 0 Å². The predicted molar refractivity (Wildman–Crippen MR) is 46.2 cm³/mol. The first kappa shape index (κ1) is 9.84. The Hall–Kier alpha value is -2.25. The molecule has 0 saturated carbocycles. The Balaban J connectivity index is 3.08. The van der Waals surface area contributed by atoms with Gasteiger partial charge in [-0.2, -0.15) is 0 Å². The van der Waals surface area contributed by atoms with Crippen molar-refractivity contribution in [2.45, 2.75) is 6.92 Å². The molecular formula is C6H6N4O4. The molecule has 0 aliphatic carbocycles. The Morgan fingerprint density at radius 2 is 2.07 bits per heavy atom. The molecule has 1 rings (SSSR count). The van der Waals surface area contributed by atoms with E-state index in [4.69, 9.17) is 0 Å². The lowest BCUT2D eigenvalue weighted by Gasteiger charge is -2.00. The van der Waals surface area contributed by atoms with Crippen molar-refractivity contribution in [3.8, 4) is 0 Å². The number of aromatic nitrogens is 1. The minimum atomic E-state index is -0.798. The summed E-state index contributed by atoms with van der Waals surface area (Å²) < 4.78 is 0. The number of pyridine rings is 1. The van der Waals surface area contributed by atoms with Crippen LogP contribution in [0.1, 0.15) is 5.69 Å². The smallest absolute Gasteiger partial charge is 0.258 e. The molecule has 1 N–H and O–H groups in total. The van der Waals surface area contributed by atoms with Crippen molar-refractivity contribution in [2.24, 2.45) is 0 Å². The first-order valence-corrected chi connectivity index (χ1v) is 3.53. The van der Waals surface area contributed by atoms with Gasteiger partial charge in [-0.15, -0.1) is 5.43 Å². The number of hydrogen-bond donors (Lipinski definition) is 1. The molecule has 1 aromatic heterocycles. The predicted octanol–water partition coefficient (Wildman–Crippen LogP) is 0.902. The molecule has 0 spiro atoms. The van der Waals surface area contributed by atoms with E-state index in [0.717, 1.165) is 12.3 Å². The largest absolute Gasteiger partial charge is 0.289 e. The second kappa shape index (κ2) is 3.64. The Morgan fingerprint density at radius 1 is 1.43 bits per heavy atom. The number of aryl methyl sites for hydroxylation is 1. The van der Waals surface area contributed by atoms with Gasteiger partial charge in [0.15, 0.2) is 5.03 Å². The van der Waals surface area contributed by atoms with Crippen LogP contribution in [0.15, 0.2) is 12.3 Å². The van der Waals surface area contributed by atoms with Crippen LogP contribution in [-0.4, -0.2) is 14.9 Å². The van der Waals surface area contributed by atoms with Gasteiger partial charge < -0.3 is 0 Å². The van der Waals surface area contributed by atoms with Crippen LogP contribution in [0.5, 0.6) is 0 Å². The van der Waals surface area contributed by atoms with E-state index in [1.807, 2.05) is 5.43 Å². The number of hydrogen-bond acceptors (Lipinski definition) is 5. The number of nitro groups is 2. The van der Waals surface area contributed by atoms with Crippen LogP contribution in [-0.2, 0) is 0 Å². The second-order valence-corrected chi connectivity index (χ2v) is 2.45. The van der Waals surface area contributed by atoms with Crippen LogP contribution in [0.4, 0.5) is 11.4 Å². The normalized spacial score (nSPS) is 9.50. The Bertz CT molecular complexity index is 391. The zero-order valence-electron chi connectivity index (χ0n) is 7.13. The topological polar surface area (TPSA) is 111 Å². The van der Waals surface area contributed by atoms with Crippen LogP contribution in [0.3, 0.4) is 0 Å². The zero-order chi connectivity index (χ0) is 10.7. The second-order valence-electron chi connectivity index (χ2n) is 2.45. The molecule has 0 unspecified atom stereocenters. The number of hydrazine groups is 1. The molecular weight excluding hydrogens is 192 g/mol. The van der Waals surface area contributed by atoms with E-state index in [2.05, 4.69) is 4.98 Å². The van der Waals surface area contributed by atoms with Crippen molar-refractivity contribution in [2.75, 3.05) is 5.43 Å². The summed E-state index contributed by atoms with van der Waals surface area (Å²) in [6, 6.07) is 1.06. The molecule has 0 aromatic carbocycles. The molecule has 0 bridgehead atoms. The van der Waals surface area contributed by atoms with E-state index in [9.17, 15) is 20.2 Å². The van der Waals surface area contributed by atoms with Gasteiger partial charge >= 0.3 is 0 Å². The van der Waals surface area contributed by atoms with Crippen LogP contribution >= 0.6 is 0 Å². The summed E-state index contributed by atoms with van der Waals surface area (Å²) in [6.07, 6.45) is 1.04. The Kier molecular flexibility index (Phi) is 2.56. The Morgan fingerprint density at radius 3 is 2.57 bits per heavy atom. The maximum absolute atomic E-state index is 10.3. The molecule has 0 aliphatic rings. The van der Waals surface area contributed by atoms with Crippen molar-refractivity contribution in [1.82, 2.24) is 4.98 Å². The summed E-state index contributed by atoms with van der Waals surface area (Å²) in [7, 11) is 0. The fourth-order valence-electron chi connectivity index (χ4n) is 0.833. The quantitative estimate of drug-likeness (QED) is 0.570. The molecule has 8 heteroatoms. The van der Waals surface area contributed by atoms with Crippen LogP contribution in [0, 0.1) is 27.2 Å². The van der Waals surface area contributed by atoms with Crippen LogP contribution in [0.2, 0.25) is 0 Å². The summed E-state index contributed by atoms with van der Waals surface area (Å²) in [4.78, 5) is 23.4. The SMILES string of the molecule is Cc1ncc([N+](=O)[O-])cc1N[N+](=O)[O-]. The van der Waals surface area contributed by atoms with E-state index in [-0.39, 0.29) is 11.4 Å². The highest BCUT2D eigenvalue weighted by Gasteiger charge is 2.12. The zero-order valence-corrected chi connectivity index (χ0v) is 7.13. The van der Waals surface area contributed by atoms with Gasteiger partial charge in [0.25, 0.3) is 5.69 Å². The van der Waals surface area contributed by atoms with Crippen molar-refractivity contribution in [3.05, 3.63) is 38.2 Å². The highest BCUT2D eigenvalue weighted by atomic mass is 16.7. The maximum Gasteiger partial charge on any atom is 0.289 e. The molecule has 1 aromatic rings. The molecule has 0 radical (unpaired) electrons. The fourth-order valence-corrected chi connectivity index (χ4v) is 0.833. The molecule has 8 nitrogen and oxygen atoms in total. The minimum absolute atomic E-state index is 0.0178. The summed E-state index contributed by atoms with van der Waals surface area (Å²) >= 11 is 0. The van der Waals surface area contributed by atoms with Crippen molar-refractivity contribution in [3.63, 3.8) is 0 Å². The number of anilines is 1. The van der Waals surface area contributed by atoms with Crippen molar-refractivity contribution >= 4 is 11.4 Å². The molecule has 0 aliphatic heterocycles. The van der Waals surface area contributed by atoms with Gasteiger partial charge in [0.05, 0.1) is 10.6 Å². The lowest BCUT2D eigenvalue weighted by Crippen LogP contribution is -2.10. The van der Waals surface area contributed by atoms with Crippen molar-refractivity contribution < 1.29 is 9.96 Å². The van der Waals surface area contributed by atoms with E-state index < -0.39 is 9.96 Å².